The number of hydrogen-bond acceptors (Lipinski definition) is 4. The Balaban J connectivity index is 2.49. The minimum Gasteiger partial charge on any atom is -0.323 e. The lowest BCUT2D eigenvalue weighted by Gasteiger charge is -2.20. The van der Waals surface area contributed by atoms with E-state index in [0.29, 0.717) is 12.4 Å². The van der Waals surface area contributed by atoms with Crippen molar-refractivity contribution in [3.8, 4) is 12.1 Å². The Bertz CT molecular complexity index is 422. The van der Waals surface area contributed by atoms with Crippen LogP contribution in [0.1, 0.15) is 25.6 Å². The Morgan fingerprint density at radius 3 is 2.88 bits per heavy atom. The molecule has 1 aromatic heterocycles. The Labute approximate surface area is 95.3 Å². The molecule has 0 radical (unpaired) electrons. The average molecular weight is 217 g/mol. The topological polar surface area (TPSA) is 77.4 Å². The van der Waals surface area contributed by atoms with Gasteiger partial charge in [0.15, 0.2) is 0 Å². The van der Waals surface area contributed by atoms with Crippen LogP contribution in [0.3, 0.4) is 0 Å². The first-order chi connectivity index (χ1) is 7.65. The molecule has 1 rings (SSSR count). The second-order valence-corrected chi connectivity index (χ2v) is 3.85. The van der Waals surface area contributed by atoms with Crippen LogP contribution >= 0.6 is 0 Å². The quantitative estimate of drug-likeness (QED) is 0.799. The third-order valence-corrected chi connectivity index (χ3v) is 2.69. The molecule has 0 aromatic carbocycles. The molecule has 16 heavy (non-hydrogen) atoms. The first-order valence-electron chi connectivity index (χ1n) is 5.16. The van der Waals surface area contributed by atoms with Crippen LogP contribution in [0.2, 0.25) is 0 Å². The predicted molar refractivity (Wildman–Crippen MR) is 59.3 cm³/mol. The summed E-state index contributed by atoms with van der Waals surface area (Å²) in [5.74, 6) is 0.420. The largest absolute Gasteiger partial charge is 0.323 e. The summed E-state index contributed by atoms with van der Waals surface area (Å²) in [6.07, 6.45) is 4.96. The Morgan fingerprint density at radius 2 is 2.31 bits per heavy atom. The first-order valence-corrected chi connectivity index (χ1v) is 5.16. The minimum absolute atomic E-state index is 0.420. The van der Waals surface area contributed by atoms with E-state index in [1.165, 1.54) is 0 Å². The number of nitrogens with one attached hydrogen (secondary N) is 1. The van der Waals surface area contributed by atoms with Crippen LogP contribution in [0.5, 0.6) is 0 Å². The summed E-state index contributed by atoms with van der Waals surface area (Å²) in [5.41, 5.74) is -0.493. The molecular weight excluding hydrogens is 202 g/mol. The minimum atomic E-state index is -0.493. The SMILES string of the molecule is CNC(C)(C#N)CCCn1ccnc1C#N. The Kier molecular flexibility index (Phi) is 4.04. The molecule has 1 aromatic rings. The summed E-state index contributed by atoms with van der Waals surface area (Å²) >= 11 is 0. The molecule has 0 aliphatic rings. The van der Waals surface area contributed by atoms with Gasteiger partial charge in [0.1, 0.15) is 11.6 Å². The van der Waals surface area contributed by atoms with E-state index >= 15 is 0 Å². The van der Waals surface area contributed by atoms with Gasteiger partial charge in [0.2, 0.25) is 5.82 Å². The summed E-state index contributed by atoms with van der Waals surface area (Å²) in [6, 6.07) is 4.26. The van der Waals surface area contributed by atoms with Crippen LogP contribution in [-0.4, -0.2) is 22.1 Å². The van der Waals surface area contributed by atoms with Crippen molar-refractivity contribution in [2.75, 3.05) is 7.05 Å². The molecule has 1 atom stereocenters. The van der Waals surface area contributed by atoms with E-state index in [1.54, 1.807) is 24.0 Å². The highest BCUT2D eigenvalue weighted by atomic mass is 15.1. The highest BCUT2D eigenvalue weighted by Gasteiger charge is 2.20. The highest BCUT2D eigenvalue weighted by Crippen LogP contribution is 2.11. The van der Waals surface area contributed by atoms with Crippen molar-refractivity contribution in [2.45, 2.75) is 31.8 Å². The fraction of sp³-hybridized carbons (Fsp3) is 0.545. The fourth-order valence-electron chi connectivity index (χ4n) is 1.44. The summed E-state index contributed by atoms with van der Waals surface area (Å²) in [7, 11) is 1.78. The second-order valence-electron chi connectivity index (χ2n) is 3.85. The van der Waals surface area contributed by atoms with Crippen LogP contribution in [-0.2, 0) is 6.54 Å². The van der Waals surface area contributed by atoms with Gasteiger partial charge in [-0.2, -0.15) is 10.5 Å². The number of nitriles is 2. The van der Waals surface area contributed by atoms with Gasteiger partial charge in [-0.3, -0.25) is 0 Å². The van der Waals surface area contributed by atoms with Crippen molar-refractivity contribution in [2.24, 2.45) is 0 Å². The standard InChI is InChI=1S/C11H15N5/c1-11(9-13,14-2)4-3-6-16-7-5-15-10(16)8-12/h5,7,14H,3-4,6H2,1-2H3. The van der Waals surface area contributed by atoms with Crippen molar-refractivity contribution < 1.29 is 0 Å². The van der Waals surface area contributed by atoms with Crippen LogP contribution in [0.4, 0.5) is 0 Å². The van der Waals surface area contributed by atoms with Gasteiger partial charge in [0.05, 0.1) is 6.07 Å². The zero-order chi connectivity index (χ0) is 12.0. The van der Waals surface area contributed by atoms with E-state index in [-0.39, 0.29) is 0 Å². The maximum atomic E-state index is 8.96. The van der Waals surface area contributed by atoms with Gasteiger partial charge in [-0.05, 0) is 26.8 Å². The number of imidazole rings is 1. The van der Waals surface area contributed by atoms with Gasteiger partial charge >= 0.3 is 0 Å². The Hall–Kier alpha value is -1.85. The molecule has 0 fully saturated rings. The molecule has 0 spiro atoms. The number of aromatic nitrogens is 2. The molecule has 84 valence electrons. The van der Waals surface area contributed by atoms with Crippen LogP contribution in [0, 0.1) is 22.7 Å². The normalized spacial score (nSPS) is 13.8. The van der Waals surface area contributed by atoms with Crippen molar-refractivity contribution >= 4 is 0 Å². The van der Waals surface area contributed by atoms with Gasteiger partial charge in [-0.1, -0.05) is 0 Å². The van der Waals surface area contributed by atoms with Crippen LogP contribution in [0.25, 0.3) is 0 Å². The number of hydrogen-bond donors (Lipinski definition) is 1. The van der Waals surface area contributed by atoms with E-state index in [1.807, 2.05) is 13.0 Å². The molecule has 0 amide bonds. The lowest BCUT2D eigenvalue weighted by atomic mass is 9.98. The molecule has 0 aliphatic heterocycles. The molecule has 5 heteroatoms. The van der Waals surface area contributed by atoms with E-state index in [2.05, 4.69) is 16.4 Å². The summed E-state index contributed by atoms with van der Waals surface area (Å²) < 4.78 is 1.80. The fourth-order valence-corrected chi connectivity index (χ4v) is 1.44. The lowest BCUT2D eigenvalue weighted by Crippen LogP contribution is -2.38. The highest BCUT2D eigenvalue weighted by molar-refractivity contribution is 5.11. The zero-order valence-electron chi connectivity index (χ0n) is 9.56. The third-order valence-electron chi connectivity index (χ3n) is 2.69. The van der Waals surface area contributed by atoms with Gasteiger partial charge in [-0.15, -0.1) is 0 Å². The van der Waals surface area contributed by atoms with Gasteiger partial charge in [0, 0.05) is 18.9 Å². The van der Waals surface area contributed by atoms with Crippen LogP contribution in [0.15, 0.2) is 12.4 Å². The van der Waals surface area contributed by atoms with Crippen molar-refractivity contribution in [1.29, 1.82) is 10.5 Å². The number of nitrogens with zero attached hydrogens (tertiary/aromatic N) is 4. The van der Waals surface area contributed by atoms with Gasteiger partial charge < -0.3 is 9.88 Å². The monoisotopic (exact) mass is 217 g/mol. The first kappa shape index (κ1) is 12.2. The molecule has 0 bridgehead atoms. The van der Waals surface area contributed by atoms with E-state index in [4.69, 9.17) is 10.5 Å². The van der Waals surface area contributed by atoms with E-state index in [9.17, 15) is 0 Å². The van der Waals surface area contributed by atoms with Crippen molar-refractivity contribution in [3.63, 3.8) is 0 Å². The van der Waals surface area contributed by atoms with Crippen molar-refractivity contribution in [3.05, 3.63) is 18.2 Å². The molecular formula is C11H15N5. The molecule has 0 saturated heterocycles. The molecule has 1 unspecified atom stereocenters. The van der Waals surface area contributed by atoms with Gasteiger partial charge in [0.25, 0.3) is 0 Å². The van der Waals surface area contributed by atoms with Crippen LogP contribution < -0.4 is 5.32 Å². The second kappa shape index (κ2) is 5.29. The molecule has 5 nitrogen and oxygen atoms in total. The maximum absolute atomic E-state index is 8.96. The maximum Gasteiger partial charge on any atom is 0.212 e. The molecule has 0 aliphatic carbocycles. The number of aryl methyl sites for hydroxylation is 1. The molecule has 0 saturated carbocycles. The third kappa shape index (κ3) is 2.82. The predicted octanol–water partition coefficient (Wildman–Crippen LogP) is 1.04. The average Bonchev–Trinajstić information content (AvgIpc) is 2.76. The smallest absolute Gasteiger partial charge is 0.212 e. The van der Waals surface area contributed by atoms with E-state index < -0.39 is 5.54 Å². The van der Waals surface area contributed by atoms with Crippen molar-refractivity contribution in [1.82, 2.24) is 14.9 Å². The summed E-state index contributed by atoms with van der Waals surface area (Å²) in [4.78, 5) is 3.91. The van der Waals surface area contributed by atoms with Gasteiger partial charge in [-0.25, -0.2) is 4.98 Å². The van der Waals surface area contributed by atoms with E-state index in [0.717, 1.165) is 12.8 Å². The zero-order valence-corrected chi connectivity index (χ0v) is 9.56. The summed E-state index contributed by atoms with van der Waals surface area (Å²) in [6.45, 7) is 2.58. The molecule has 1 N–H and O–H groups in total. The molecule has 1 heterocycles. The number of rotatable bonds is 5. The summed E-state index contributed by atoms with van der Waals surface area (Å²) in [5, 5.41) is 20.7. The Morgan fingerprint density at radius 1 is 1.56 bits per heavy atom. The lowest BCUT2D eigenvalue weighted by molar-refractivity contribution is 0.423.